The molecule has 1 aliphatic heterocycles. The fourth-order valence-electron chi connectivity index (χ4n) is 2.87. The Balaban J connectivity index is 1.95. The van der Waals surface area contributed by atoms with Gasteiger partial charge in [-0.2, -0.15) is 0 Å². The molecular formula is C11H13N3O2. The van der Waals surface area contributed by atoms with Gasteiger partial charge >= 0.3 is 0 Å². The topological polar surface area (TPSA) is 66.1 Å². The van der Waals surface area contributed by atoms with Crippen molar-refractivity contribution in [1.82, 2.24) is 9.97 Å². The molecule has 3 rings (SSSR count). The van der Waals surface area contributed by atoms with E-state index in [-0.39, 0.29) is 23.7 Å². The zero-order chi connectivity index (χ0) is 11.3. The highest BCUT2D eigenvalue weighted by Gasteiger charge is 2.52. The minimum atomic E-state index is -0.118. The summed E-state index contributed by atoms with van der Waals surface area (Å²) in [5, 5.41) is 0. The molecule has 1 saturated carbocycles. The summed E-state index contributed by atoms with van der Waals surface area (Å²) in [6, 6.07) is 0. The first-order valence-electron chi connectivity index (χ1n) is 5.55. The summed E-state index contributed by atoms with van der Waals surface area (Å²) >= 11 is 0. The predicted octanol–water partition coefficient (Wildman–Crippen LogP) is 0.945. The molecule has 0 bridgehead atoms. The first-order valence-corrected chi connectivity index (χ1v) is 5.55. The van der Waals surface area contributed by atoms with Crippen LogP contribution in [0.2, 0.25) is 0 Å². The highest BCUT2D eigenvalue weighted by molar-refractivity contribution is 6.21. The van der Waals surface area contributed by atoms with Crippen LogP contribution in [0.1, 0.15) is 19.8 Å². The van der Waals surface area contributed by atoms with Crippen LogP contribution >= 0.6 is 0 Å². The van der Waals surface area contributed by atoms with Crippen LogP contribution in [0.4, 0.5) is 5.95 Å². The summed E-state index contributed by atoms with van der Waals surface area (Å²) in [4.78, 5) is 32.2. The van der Waals surface area contributed by atoms with Crippen LogP contribution in [0.15, 0.2) is 12.4 Å². The van der Waals surface area contributed by atoms with Crippen LogP contribution in [0.3, 0.4) is 0 Å². The number of carbonyl (C=O) groups is 2. The van der Waals surface area contributed by atoms with Crippen molar-refractivity contribution in [3.63, 3.8) is 0 Å². The van der Waals surface area contributed by atoms with E-state index >= 15 is 0 Å². The maximum absolute atomic E-state index is 12.1. The van der Waals surface area contributed by atoms with Crippen molar-refractivity contribution >= 4 is 17.8 Å². The quantitative estimate of drug-likeness (QED) is 0.715. The fourth-order valence-corrected chi connectivity index (χ4v) is 2.87. The van der Waals surface area contributed by atoms with E-state index in [0.717, 1.165) is 12.8 Å². The van der Waals surface area contributed by atoms with Gasteiger partial charge in [0.15, 0.2) is 0 Å². The molecule has 0 radical (unpaired) electrons. The monoisotopic (exact) mass is 219 g/mol. The van der Waals surface area contributed by atoms with E-state index in [4.69, 9.17) is 0 Å². The standard InChI is InChI=1S/C11H13N3O2/c1-6-4-7-8(5-6)10(16)14(9(7)15)11-12-2-3-13-11/h2-3,6-8H,4-5H2,1H3,(H,12,13). The molecule has 5 heteroatoms. The van der Waals surface area contributed by atoms with Gasteiger partial charge in [-0.15, -0.1) is 0 Å². The maximum atomic E-state index is 12.1. The predicted molar refractivity (Wildman–Crippen MR) is 56.5 cm³/mol. The van der Waals surface area contributed by atoms with Crippen molar-refractivity contribution in [1.29, 1.82) is 0 Å². The van der Waals surface area contributed by atoms with Gasteiger partial charge < -0.3 is 4.98 Å². The number of rotatable bonds is 1. The summed E-state index contributed by atoms with van der Waals surface area (Å²) in [6.45, 7) is 2.09. The van der Waals surface area contributed by atoms with Gasteiger partial charge in [0.1, 0.15) is 0 Å². The molecule has 1 aromatic rings. The molecule has 84 valence electrons. The molecule has 1 aromatic heterocycles. The van der Waals surface area contributed by atoms with E-state index in [1.807, 2.05) is 0 Å². The molecule has 2 heterocycles. The average Bonchev–Trinajstić information content (AvgIpc) is 2.89. The summed E-state index contributed by atoms with van der Waals surface area (Å²) in [5.74, 6) is 0.419. The third-order valence-corrected chi connectivity index (χ3v) is 3.57. The molecule has 0 aromatic carbocycles. The Morgan fingerprint density at radius 2 is 1.94 bits per heavy atom. The number of nitrogens with zero attached hydrogens (tertiary/aromatic N) is 2. The number of aromatic amines is 1. The third kappa shape index (κ3) is 1.14. The Morgan fingerprint density at radius 1 is 1.31 bits per heavy atom. The number of nitrogens with one attached hydrogen (secondary N) is 1. The van der Waals surface area contributed by atoms with E-state index in [9.17, 15) is 9.59 Å². The third-order valence-electron chi connectivity index (χ3n) is 3.57. The zero-order valence-electron chi connectivity index (χ0n) is 9.01. The lowest BCUT2D eigenvalue weighted by atomic mass is 10.00. The van der Waals surface area contributed by atoms with E-state index in [0.29, 0.717) is 11.9 Å². The Hall–Kier alpha value is -1.65. The van der Waals surface area contributed by atoms with Crippen LogP contribution in [-0.2, 0) is 9.59 Å². The lowest BCUT2D eigenvalue weighted by molar-refractivity contribution is -0.123. The molecule has 5 nitrogen and oxygen atoms in total. The first kappa shape index (κ1) is 9.57. The zero-order valence-corrected chi connectivity index (χ0v) is 9.01. The van der Waals surface area contributed by atoms with Crippen molar-refractivity contribution in [2.24, 2.45) is 17.8 Å². The summed E-state index contributed by atoms with van der Waals surface area (Å²) in [5.41, 5.74) is 0. The number of H-pyrrole nitrogens is 1. The van der Waals surface area contributed by atoms with Crippen LogP contribution in [0.5, 0.6) is 0 Å². The van der Waals surface area contributed by atoms with E-state index in [2.05, 4.69) is 16.9 Å². The van der Waals surface area contributed by atoms with Crippen molar-refractivity contribution in [2.75, 3.05) is 4.90 Å². The number of hydrogen-bond acceptors (Lipinski definition) is 3. The average molecular weight is 219 g/mol. The number of amides is 2. The second kappa shape index (κ2) is 3.17. The van der Waals surface area contributed by atoms with Gasteiger partial charge in [0.25, 0.3) is 0 Å². The number of anilines is 1. The van der Waals surface area contributed by atoms with E-state index < -0.39 is 0 Å². The number of fused-ring (bicyclic) bond motifs is 1. The molecule has 2 fully saturated rings. The molecule has 0 spiro atoms. The lowest BCUT2D eigenvalue weighted by Gasteiger charge is -2.13. The normalized spacial score (nSPS) is 33.6. The number of carbonyl (C=O) groups excluding carboxylic acids is 2. The molecule has 2 atom stereocenters. The number of hydrogen-bond donors (Lipinski definition) is 1. The van der Waals surface area contributed by atoms with Gasteiger partial charge in [0.2, 0.25) is 17.8 Å². The van der Waals surface area contributed by atoms with Crippen molar-refractivity contribution in [2.45, 2.75) is 19.8 Å². The molecule has 1 aliphatic carbocycles. The first-order chi connectivity index (χ1) is 7.68. The van der Waals surface area contributed by atoms with Gasteiger partial charge in [0.05, 0.1) is 11.8 Å². The van der Waals surface area contributed by atoms with E-state index in [1.165, 1.54) is 4.90 Å². The Morgan fingerprint density at radius 3 is 2.44 bits per heavy atom. The van der Waals surface area contributed by atoms with E-state index in [1.54, 1.807) is 12.4 Å². The van der Waals surface area contributed by atoms with Crippen LogP contribution in [-0.4, -0.2) is 21.8 Å². The molecule has 2 amide bonds. The fraction of sp³-hybridized carbons (Fsp3) is 0.545. The summed E-state index contributed by atoms with van der Waals surface area (Å²) in [6.07, 6.45) is 4.82. The lowest BCUT2D eigenvalue weighted by Crippen LogP contribution is -2.32. The Kier molecular flexibility index (Phi) is 1.89. The van der Waals surface area contributed by atoms with Gasteiger partial charge in [0, 0.05) is 12.4 Å². The molecule has 2 unspecified atom stereocenters. The molecule has 1 N–H and O–H groups in total. The minimum absolute atomic E-state index is 0.0886. The second-order valence-electron chi connectivity index (χ2n) is 4.71. The Labute approximate surface area is 92.9 Å². The smallest absolute Gasteiger partial charge is 0.240 e. The van der Waals surface area contributed by atoms with Crippen LogP contribution in [0, 0.1) is 17.8 Å². The Bertz CT molecular complexity index is 416. The number of imidazole rings is 1. The van der Waals surface area contributed by atoms with Gasteiger partial charge in [-0.1, -0.05) is 6.92 Å². The molecule has 16 heavy (non-hydrogen) atoms. The summed E-state index contributed by atoms with van der Waals surface area (Å²) in [7, 11) is 0. The van der Waals surface area contributed by atoms with Crippen molar-refractivity contribution in [3.8, 4) is 0 Å². The van der Waals surface area contributed by atoms with Crippen molar-refractivity contribution < 1.29 is 9.59 Å². The highest BCUT2D eigenvalue weighted by Crippen LogP contribution is 2.43. The largest absolute Gasteiger partial charge is 0.330 e. The SMILES string of the molecule is CC1CC2C(=O)N(c3ncc[nH]3)C(=O)C2C1. The maximum Gasteiger partial charge on any atom is 0.240 e. The number of imide groups is 1. The minimum Gasteiger partial charge on any atom is -0.330 e. The molecule has 2 aliphatic rings. The van der Waals surface area contributed by atoms with Crippen LogP contribution in [0.25, 0.3) is 0 Å². The molecule has 1 saturated heterocycles. The van der Waals surface area contributed by atoms with Crippen molar-refractivity contribution in [3.05, 3.63) is 12.4 Å². The van der Waals surface area contributed by atoms with Gasteiger partial charge in [-0.3, -0.25) is 9.59 Å². The number of aromatic nitrogens is 2. The van der Waals surface area contributed by atoms with Gasteiger partial charge in [-0.05, 0) is 18.8 Å². The highest BCUT2D eigenvalue weighted by atomic mass is 16.2. The summed E-state index contributed by atoms with van der Waals surface area (Å²) < 4.78 is 0. The van der Waals surface area contributed by atoms with Gasteiger partial charge in [-0.25, -0.2) is 9.88 Å². The second-order valence-corrected chi connectivity index (χ2v) is 4.71. The van der Waals surface area contributed by atoms with Crippen LogP contribution < -0.4 is 4.90 Å². The molecular weight excluding hydrogens is 206 g/mol.